The molecule has 4 heterocycles. The molecule has 2 unspecified atom stereocenters. The molecule has 3 aromatic heterocycles. The number of aryl methyl sites for hydroxylation is 1. The first kappa shape index (κ1) is 42.0. The molecule has 1 aliphatic heterocycles. The van der Waals surface area contributed by atoms with E-state index in [1.165, 1.54) is 0 Å². The third kappa shape index (κ3) is 10.3. The average Bonchev–Trinajstić information content (AvgIpc) is 3.64. The van der Waals surface area contributed by atoms with Crippen LogP contribution in [0, 0.1) is 18.8 Å². The molecule has 5 aromatic rings. The molecule has 6 rings (SSSR count). The predicted molar refractivity (Wildman–Crippen MR) is 224 cm³/mol. The monoisotopic (exact) mass is 794 g/mol. The number of carbonyl (C=O) groups is 1. The van der Waals surface area contributed by atoms with E-state index in [0.717, 1.165) is 72.8 Å². The number of pyridine rings is 1. The number of aliphatic hydroxyl groups is 1. The minimum absolute atomic E-state index is 0.135. The Kier molecular flexibility index (Phi) is 13.9. The summed E-state index contributed by atoms with van der Waals surface area (Å²) in [6.07, 6.45) is 4.80. The van der Waals surface area contributed by atoms with Crippen LogP contribution in [0.3, 0.4) is 0 Å². The van der Waals surface area contributed by atoms with E-state index >= 15 is 0 Å². The van der Waals surface area contributed by atoms with Gasteiger partial charge in [0.1, 0.15) is 23.4 Å². The van der Waals surface area contributed by atoms with Gasteiger partial charge in [0.05, 0.1) is 32.2 Å². The number of hydrogen-bond donors (Lipinski definition) is 2. The number of amides is 1. The highest BCUT2D eigenvalue weighted by molar-refractivity contribution is 5.66. The number of carboxylic acid groups (broad SMARTS) is 1. The van der Waals surface area contributed by atoms with Gasteiger partial charge in [-0.2, -0.15) is 4.98 Å². The Morgan fingerprint density at radius 3 is 2.09 bits per heavy atom. The van der Waals surface area contributed by atoms with E-state index < -0.39 is 12.2 Å². The van der Waals surface area contributed by atoms with Crippen molar-refractivity contribution in [2.75, 3.05) is 50.2 Å². The molecule has 14 nitrogen and oxygen atoms in total. The molecule has 0 bridgehead atoms. The molecule has 2 atom stereocenters. The van der Waals surface area contributed by atoms with E-state index in [1.807, 2.05) is 82.3 Å². The Hall–Kier alpha value is -5.63. The molecule has 58 heavy (non-hydrogen) atoms. The highest BCUT2D eigenvalue weighted by Crippen LogP contribution is 2.32. The molecule has 310 valence electrons. The summed E-state index contributed by atoms with van der Waals surface area (Å²) >= 11 is 0. The summed E-state index contributed by atoms with van der Waals surface area (Å²) in [7, 11) is 3.30. The second-order valence-electron chi connectivity index (χ2n) is 15.7. The highest BCUT2D eigenvalue weighted by atomic mass is 16.5. The summed E-state index contributed by atoms with van der Waals surface area (Å²) in [5.41, 5.74) is 4.57. The van der Waals surface area contributed by atoms with Crippen molar-refractivity contribution in [3.63, 3.8) is 0 Å². The Bertz CT molecular complexity index is 2050. The summed E-state index contributed by atoms with van der Waals surface area (Å²) in [6, 6.07) is 18.0. The second-order valence-corrected chi connectivity index (χ2v) is 15.7. The van der Waals surface area contributed by atoms with Crippen molar-refractivity contribution in [1.82, 2.24) is 29.5 Å². The van der Waals surface area contributed by atoms with Crippen LogP contribution in [0.15, 0.2) is 67.0 Å². The smallest absolute Gasteiger partial charge is 0.407 e. The lowest BCUT2D eigenvalue weighted by atomic mass is 9.95. The molecule has 0 aliphatic carbocycles. The molecule has 1 saturated heterocycles. The van der Waals surface area contributed by atoms with Crippen LogP contribution in [0.5, 0.6) is 17.5 Å². The van der Waals surface area contributed by atoms with Gasteiger partial charge in [0, 0.05) is 51.0 Å². The summed E-state index contributed by atoms with van der Waals surface area (Å²) in [4.78, 5) is 32.4. The third-order valence-electron chi connectivity index (χ3n) is 10.6. The number of piperidine rings is 1. The van der Waals surface area contributed by atoms with Crippen molar-refractivity contribution in [2.24, 2.45) is 11.8 Å². The van der Waals surface area contributed by atoms with E-state index in [9.17, 15) is 15.0 Å². The normalized spacial score (nSPS) is 14.4. The highest BCUT2D eigenvalue weighted by Gasteiger charge is 2.28. The lowest BCUT2D eigenvalue weighted by molar-refractivity contribution is 0.126. The van der Waals surface area contributed by atoms with Crippen molar-refractivity contribution in [1.29, 1.82) is 0 Å². The van der Waals surface area contributed by atoms with Crippen LogP contribution in [0.4, 0.5) is 16.4 Å². The molecular formula is C44H58N8O6. The van der Waals surface area contributed by atoms with E-state index in [1.54, 1.807) is 36.0 Å². The molecule has 1 amide bonds. The van der Waals surface area contributed by atoms with E-state index in [2.05, 4.69) is 16.7 Å². The van der Waals surface area contributed by atoms with Crippen LogP contribution in [0.2, 0.25) is 0 Å². The SMILES string of the molecule is CCCC(C)Oc1nc(N(Cc2ccc(OC)cc2)Cc2ccc(OC)cc2)c2ncc(C(O)c3cnc(N4CCC(CN(CC(C)C)C(=O)O)CC4)c(C)c3)n2n1. The first-order chi connectivity index (χ1) is 28.0. The van der Waals surface area contributed by atoms with Crippen LogP contribution in [0.25, 0.3) is 5.65 Å². The number of hydrogen-bond acceptors (Lipinski definition) is 11. The Morgan fingerprint density at radius 2 is 1.55 bits per heavy atom. The lowest BCUT2D eigenvalue weighted by Crippen LogP contribution is -2.42. The Labute approximate surface area is 341 Å². The van der Waals surface area contributed by atoms with E-state index in [0.29, 0.717) is 54.8 Å². The van der Waals surface area contributed by atoms with Crippen molar-refractivity contribution in [3.05, 3.63) is 94.9 Å². The first-order valence-electron chi connectivity index (χ1n) is 20.3. The van der Waals surface area contributed by atoms with Crippen LogP contribution in [-0.4, -0.2) is 92.3 Å². The molecule has 0 radical (unpaired) electrons. The fourth-order valence-corrected chi connectivity index (χ4v) is 7.62. The predicted octanol–water partition coefficient (Wildman–Crippen LogP) is 7.55. The molecule has 2 N–H and O–H groups in total. The number of aromatic nitrogens is 5. The van der Waals surface area contributed by atoms with Gasteiger partial charge in [-0.1, -0.05) is 51.5 Å². The summed E-state index contributed by atoms with van der Waals surface area (Å²) < 4.78 is 18.8. The van der Waals surface area contributed by atoms with Gasteiger partial charge >= 0.3 is 12.1 Å². The van der Waals surface area contributed by atoms with Gasteiger partial charge in [0.15, 0.2) is 11.5 Å². The van der Waals surface area contributed by atoms with Crippen LogP contribution >= 0.6 is 0 Å². The standard InChI is InChI=1S/C44H58N8O6/c1-8-9-31(5)58-43-47-42(50(26-32-10-14-36(56-6)15-11-32)27-33-12-16-37(57-7)17-13-33)41-46-24-38(52(41)48-43)39(53)35-22-30(4)40(45-23-35)49-20-18-34(19-21-49)28-51(44(54)55)25-29(2)3/h10-17,22-24,29,31,34,39,53H,8-9,18-21,25-28H2,1-7H3,(H,54,55). The van der Waals surface area contributed by atoms with E-state index in [4.69, 9.17) is 34.3 Å². The maximum Gasteiger partial charge on any atom is 0.407 e. The Balaban J connectivity index is 1.30. The van der Waals surface area contributed by atoms with Crippen LogP contribution in [0.1, 0.15) is 87.4 Å². The number of anilines is 2. The molecule has 0 saturated carbocycles. The first-order valence-corrected chi connectivity index (χ1v) is 20.3. The second kappa shape index (κ2) is 19.2. The number of ether oxygens (including phenoxy) is 3. The summed E-state index contributed by atoms with van der Waals surface area (Å²) in [5.74, 6) is 3.54. The number of methoxy groups -OCH3 is 2. The van der Waals surface area contributed by atoms with Crippen molar-refractivity contribution < 1.29 is 29.2 Å². The van der Waals surface area contributed by atoms with Gasteiger partial charge in [-0.3, -0.25) is 0 Å². The average molecular weight is 795 g/mol. The van der Waals surface area contributed by atoms with Crippen molar-refractivity contribution >= 4 is 23.4 Å². The Morgan fingerprint density at radius 1 is 0.931 bits per heavy atom. The fourth-order valence-electron chi connectivity index (χ4n) is 7.62. The molecular weight excluding hydrogens is 737 g/mol. The minimum Gasteiger partial charge on any atom is -0.497 e. The zero-order valence-electron chi connectivity index (χ0n) is 34.8. The largest absolute Gasteiger partial charge is 0.497 e. The van der Waals surface area contributed by atoms with Gasteiger partial charge < -0.3 is 39.1 Å². The molecule has 0 spiro atoms. The van der Waals surface area contributed by atoms with Gasteiger partial charge in [-0.25, -0.2) is 19.3 Å². The van der Waals surface area contributed by atoms with Crippen molar-refractivity contribution in [3.8, 4) is 17.5 Å². The molecule has 1 aliphatic rings. The quantitative estimate of drug-likeness (QED) is 0.0902. The number of benzene rings is 2. The topological polar surface area (TPSA) is 151 Å². The summed E-state index contributed by atoms with van der Waals surface area (Å²) in [5, 5.41) is 26.5. The lowest BCUT2D eigenvalue weighted by Gasteiger charge is -2.35. The van der Waals surface area contributed by atoms with Crippen molar-refractivity contribution in [2.45, 2.75) is 85.6 Å². The number of nitrogens with zero attached hydrogens (tertiary/aromatic N) is 8. The number of imidazole rings is 1. The molecule has 14 heteroatoms. The number of fused-ring (bicyclic) bond motifs is 1. The summed E-state index contributed by atoms with van der Waals surface area (Å²) in [6.45, 7) is 13.8. The maximum absolute atomic E-state index is 12.0. The van der Waals surface area contributed by atoms with Crippen LogP contribution < -0.4 is 24.0 Å². The zero-order valence-corrected chi connectivity index (χ0v) is 34.8. The minimum atomic E-state index is -1.09. The van der Waals surface area contributed by atoms with Gasteiger partial charge in [-0.05, 0) is 92.0 Å². The third-order valence-corrected chi connectivity index (χ3v) is 10.6. The van der Waals surface area contributed by atoms with Gasteiger partial charge in [0.2, 0.25) is 0 Å². The molecule has 2 aromatic carbocycles. The fraction of sp³-hybridized carbons (Fsp3) is 0.477. The van der Waals surface area contributed by atoms with Gasteiger partial charge in [-0.15, -0.1) is 5.10 Å². The number of aliphatic hydroxyl groups excluding tert-OH is 1. The van der Waals surface area contributed by atoms with Crippen LogP contribution in [-0.2, 0) is 13.1 Å². The van der Waals surface area contributed by atoms with Gasteiger partial charge in [0.25, 0.3) is 0 Å². The van der Waals surface area contributed by atoms with E-state index in [-0.39, 0.29) is 18.0 Å². The molecule has 1 fully saturated rings. The maximum atomic E-state index is 12.0. The number of rotatable bonds is 18. The zero-order chi connectivity index (χ0) is 41.3.